The van der Waals surface area contributed by atoms with Crippen LogP contribution in [0.25, 0.3) is 0 Å². The van der Waals surface area contributed by atoms with Gasteiger partial charge in [0.05, 0.1) is 31.2 Å². The minimum Gasteiger partial charge on any atom is -0.497 e. The highest BCUT2D eigenvalue weighted by atomic mass is 35.5. The first-order valence-corrected chi connectivity index (χ1v) is 10.7. The third kappa shape index (κ3) is 6.03. The SMILES string of the molecule is COc1ccc(N(CCCC(=O)Nc2ccc(OC)c(Cl)c2)S(C)(=O)=O)cc1. The normalized spacial score (nSPS) is 11.0. The maximum Gasteiger partial charge on any atom is 0.232 e. The lowest BCUT2D eigenvalue weighted by molar-refractivity contribution is -0.116. The van der Waals surface area contributed by atoms with Gasteiger partial charge in [0.25, 0.3) is 0 Å². The van der Waals surface area contributed by atoms with Crippen LogP contribution in [0.15, 0.2) is 42.5 Å². The second kappa shape index (κ2) is 9.66. The Morgan fingerprint density at radius 1 is 1.11 bits per heavy atom. The first kappa shape index (κ1) is 21.8. The topological polar surface area (TPSA) is 84.9 Å². The van der Waals surface area contributed by atoms with E-state index in [1.807, 2.05) is 0 Å². The fourth-order valence-electron chi connectivity index (χ4n) is 2.59. The number of sulfonamides is 1. The molecule has 0 aliphatic carbocycles. The molecule has 0 bridgehead atoms. The van der Waals surface area contributed by atoms with Gasteiger partial charge < -0.3 is 14.8 Å². The van der Waals surface area contributed by atoms with E-state index in [0.717, 1.165) is 6.26 Å². The van der Waals surface area contributed by atoms with E-state index in [2.05, 4.69) is 5.32 Å². The summed E-state index contributed by atoms with van der Waals surface area (Å²) in [5, 5.41) is 3.13. The van der Waals surface area contributed by atoms with Gasteiger partial charge in [-0.2, -0.15) is 0 Å². The summed E-state index contributed by atoms with van der Waals surface area (Å²) in [5.74, 6) is 0.919. The van der Waals surface area contributed by atoms with Crippen LogP contribution in [0.5, 0.6) is 11.5 Å². The molecule has 0 radical (unpaired) electrons. The van der Waals surface area contributed by atoms with Crippen LogP contribution in [0.4, 0.5) is 11.4 Å². The molecule has 0 heterocycles. The highest BCUT2D eigenvalue weighted by Crippen LogP contribution is 2.27. The standard InChI is InChI=1S/C19H23ClN2O5S/c1-26-16-9-7-15(8-10-16)22(28(3,24)25)12-4-5-19(23)21-14-6-11-18(27-2)17(20)13-14/h6-11,13H,4-5,12H2,1-3H3,(H,21,23). The van der Waals surface area contributed by atoms with E-state index in [9.17, 15) is 13.2 Å². The van der Waals surface area contributed by atoms with Gasteiger partial charge >= 0.3 is 0 Å². The van der Waals surface area contributed by atoms with E-state index in [4.69, 9.17) is 21.1 Å². The van der Waals surface area contributed by atoms with Crippen LogP contribution in [0.2, 0.25) is 5.02 Å². The predicted molar refractivity (Wildman–Crippen MR) is 111 cm³/mol. The number of carbonyl (C=O) groups excluding carboxylic acids is 1. The quantitative estimate of drug-likeness (QED) is 0.662. The van der Waals surface area contributed by atoms with Gasteiger partial charge in [-0.05, 0) is 48.9 Å². The maximum absolute atomic E-state index is 12.2. The summed E-state index contributed by atoms with van der Waals surface area (Å²) in [6.45, 7) is 0.182. The Kier molecular flexibility index (Phi) is 7.53. The molecule has 2 rings (SSSR count). The van der Waals surface area contributed by atoms with Crippen molar-refractivity contribution in [3.8, 4) is 11.5 Å². The third-order valence-electron chi connectivity index (χ3n) is 3.96. The fraction of sp³-hybridized carbons (Fsp3) is 0.316. The lowest BCUT2D eigenvalue weighted by Gasteiger charge is -2.22. The molecule has 0 saturated heterocycles. The number of halogens is 1. The molecule has 0 fully saturated rings. The summed E-state index contributed by atoms with van der Waals surface area (Å²) in [6, 6.07) is 11.6. The van der Waals surface area contributed by atoms with E-state index < -0.39 is 10.0 Å². The summed E-state index contributed by atoms with van der Waals surface area (Å²) in [7, 11) is -0.429. The van der Waals surface area contributed by atoms with Crippen molar-refractivity contribution in [2.24, 2.45) is 0 Å². The van der Waals surface area contributed by atoms with Gasteiger partial charge in [0.2, 0.25) is 15.9 Å². The van der Waals surface area contributed by atoms with Crippen LogP contribution in [-0.4, -0.2) is 41.3 Å². The van der Waals surface area contributed by atoms with Crippen molar-refractivity contribution in [1.82, 2.24) is 0 Å². The van der Waals surface area contributed by atoms with Crippen molar-refractivity contribution in [1.29, 1.82) is 0 Å². The van der Waals surface area contributed by atoms with Gasteiger partial charge in [0, 0.05) is 18.7 Å². The van der Waals surface area contributed by atoms with E-state index in [1.54, 1.807) is 42.5 Å². The third-order valence-corrected chi connectivity index (χ3v) is 5.45. The highest BCUT2D eigenvalue weighted by molar-refractivity contribution is 7.92. The molecule has 28 heavy (non-hydrogen) atoms. The zero-order valence-corrected chi connectivity index (χ0v) is 17.5. The molecule has 1 amide bonds. The molecule has 0 unspecified atom stereocenters. The largest absolute Gasteiger partial charge is 0.497 e. The van der Waals surface area contributed by atoms with Crippen molar-refractivity contribution >= 4 is 38.9 Å². The van der Waals surface area contributed by atoms with Gasteiger partial charge in [0.15, 0.2) is 0 Å². The van der Waals surface area contributed by atoms with Gasteiger partial charge in [0.1, 0.15) is 11.5 Å². The smallest absolute Gasteiger partial charge is 0.232 e. The van der Waals surface area contributed by atoms with Crippen molar-refractivity contribution in [2.75, 3.05) is 36.6 Å². The molecule has 0 saturated carbocycles. The van der Waals surface area contributed by atoms with Crippen molar-refractivity contribution < 1.29 is 22.7 Å². The van der Waals surface area contributed by atoms with Gasteiger partial charge in [-0.25, -0.2) is 8.42 Å². The number of benzene rings is 2. The minimum absolute atomic E-state index is 0.159. The molecule has 0 atom stereocenters. The number of hydrogen-bond acceptors (Lipinski definition) is 5. The number of nitrogens with one attached hydrogen (secondary N) is 1. The molecular weight excluding hydrogens is 404 g/mol. The Bertz CT molecular complexity index is 916. The van der Waals surface area contributed by atoms with Gasteiger partial charge in [-0.3, -0.25) is 9.10 Å². The van der Waals surface area contributed by atoms with E-state index in [0.29, 0.717) is 34.3 Å². The van der Waals surface area contributed by atoms with Gasteiger partial charge in [-0.15, -0.1) is 0 Å². The second-order valence-electron chi connectivity index (χ2n) is 6.03. The molecule has 1 N–H and O–H groups in total. The lowest BCUT2D eigenvalue weighted by Crippen LogP contribution is -2.31. The monoisotopic (exact) mass is 426 g/mol. The number of hydrogen-bond donors (Lipinski definition) is 1. The number of ether oxygens (including phenoxy) is 2. The van der Waals surface area contributed by atoms with Crippen molar-refractivity contribution in [2.45, 2.75) is 12.8 Å². The number of rotatable bonds is 9. The van der Waals surface area contributed by atoms with Crippen molar-refractivity contribution in [3.63, 3.8) is 0 Å². The van der Waals surface area contributed by atoms with Gasteiger partial charge in [-0.1, -0.05) is 11.6 Å². The lowest BCUT2D eigenvalue weighted by atomic mass is 10.2. The summed E-state index contributed by atoms with van der Waals surface area (Å²) in [5.41, 5.74) is 1.07. The van der Waals surface area contributed by atoms with Crippen LogP contribution in [0.1, 0.15) is 12.8 Å². The second-order valence-corrected chi connectivity index (χ2v) is 8.35. The Hall–Kier alpha value is -2.45. The van der Waals surface area contributed by atoms with Crippen LogP contribution >= 0.6 is 11.6 Å². The number of methoxy groups -OCH3 is 2. The number of carbonyl (C=O) groups is 1. The van der Waals surface area contributed by atoms with E-state index in [1.165, 1.54) is 18.5 Å². The maximum atomic E-state index is 12.2. The van der Waals surface area contributed by atoms with E-state index >= 15 is 0 Å². The summed E-state index contributed by atoms with van der Waals surface area (Å²) >= 11 is 6.04. The Labute approximate surface area is 170 Å². The summed E-state index contributed by atoms with van der Waals surface area (Å²) < 4.78 is 35.7. The molecule has 7 nitrogen and oxygen atoms in total. The summed E-state index contributed by atoms with van der Waals surface area (Å²) in [6.07, 6.45) is 1.65. The zero-order valence-electron chi connectivity index (χ0n) is 15.9. The average Bonchev–Trinajstić information content (AvgIpc) is 2.64. The zero-order chi connectivity index (χ0) is 20.7. The van der Waals surface area contributed by atoms with Crippen LogP contribution in [0, 0.1) is 0 Å². The Morgan fingerprint density at radius 3 is 2.32 bits per heavy atom. The molecule has 0 aliphatic rings. The Balaban J connectivity index is 1.96. The Morgan fingerprint density at radius 2 is 1.79 bits per heavy atom. The molecular formula is C19H23ClN2O5S. The molecule has 0 aliphatic heterocycles. The van der Waals surface area contributed by atoms with Crippen LogP contribution < -0.4 is 19.1 Å². The van der Waals surface area contributed by atoms with Crippen LogP contribution in [0.3, 0.4) is 0 Å². The van der Waals surface area contributed by atoms with Crippen LogP contribution in [-0.2, 0) is 14.8 Å². The predicted octanol–water partition coefficient (Wildman–Crippen LogP) is 3.54. The first-order valence-electron chi connectivity index (χ1n) is 8.49. The number of nitrogens with zero attached hydrogens (tertiary/aromatic N) is 1. The molecule has 0 aromatic heterocycles. The number of anilines is 2. The molecule has 152 valence electrons. The molecule has 2 aromatic rings. The minimum atomic E-state index is -3.48. The fourth-order valence-corrected chi connectivity index (χ4v) is 3.81. The summed E-state index contributed by atoms with van der Waals surface area (Å²) in [4.78, 5) is 12.2. The number of amides is 1. The van der Waals surface area contributed by atoms with E-state index in [-0.39, 0.29) is 18.9 Å². The molecule has 0 spiro atoms. The molecule has 9 heteroatoms. The van der Waals surface area contributed by atoms with Crippen molar-refractivity contribution in [3.05, 3.63) is 47.5 Å². The average molecular weight is 427 g/mol. The first-order chi connectivity index (χ1) is 13.2. The highest BCUT2D eigenvalue weighted by Gasteiger charge is 2.17. The molecule has 2 aromatic carbocycles.